The number of hydrogen-bond donors (Lipinski definition) is 0. The number of alkyl halides is 1. The van der Waals surface area contributed by atoms with Crippen LogP contribution < -0.4 is 4.74 Å². The standard InChI is InChI=1S/C13H11ClO3/c1-16-11-5-3-2-4-10(11)13(15)12-7-6-9(8-14)17-12/h2-7H,8H2,1H3. The number of ether oxygens (including phenoxy) is 1. The molecule has 0 saturated heterocycles. The van der Waals surface area contributed by atoms with Gasteiger partial charge in [-0.05, 0) is 24.3 Å². The molecule has 0 spiro atoms. The Morgan fingerprint density at radius 3 is 2.71 bits per heavy atom. The topological polar surface area (TPSA) is 39.4 Å². The highest BCUT2D eigenvalue weighted by molar-refractivity contribution is 6.17. The predicted molar refractivity (Wildman–Crippen MR) is 64.7 cm³/mol. The lowest BCUT2D eigenvalue weighted by Crippen LogP contribution is -2.02. The summed E-state index contributed by atoms with van der Waals surface area (Å²) in [6.07, 6.45) is 0. The van der Waals surface area contributed by atoms with E-state index in [1.165, 1.54) is 7.11 Å². The molecule has 0 saturated carbocycles. The van der Waals surface area contributed by atoms with E-state index in [0.717, 1.165) is 0 Å². The molecule has 0 aliphatic rings. The number of rotatable bonds is 4. The highest BCUT2D eigenvalue weighted by atomic mass is 35.5. The highest BCUT2D eigenvalue weighted by Gasteiger charge is 2.17. The molecule has 1 aromatic carbocycles. The Morgan fingerprint density at radius 1 is 1.29 bits per heavy atom. The SMILES string of the molecule is COc1ccccc1C(=O)c1ccc(CCl)o1. The lowest BCUT2D eigenvalue weighted by molar-refractivity contribution is 0.100. The molecule has 0 radical (unpaired) electrons. The number of furan rings is 1. The molecule has 0 unspecified atom stereocenters. The summed E-state index contributed by atoms with van der Waals surface area (Å²) in [5.41, 5.74) is 0.477. The molecule has 0 N–H and O–H groups in total. The van der Waals surface area contributed by atoms with E-state index in [2.05, 4.69) is 0 Å². The number of carbonyl (C=O) groups excluding carboxylic acids is 1. The molecular formula is C13H11ClO3. The molecule has 1 aromatic heterocycles. The highest BCUT2D eigenvalue weighted by Crippen LogP contribution is 2.22. The van der Waals surface area contributed by atoms with Crippen molar-refractivity contribution >= 4 is 17.4 Å². The normalized spacial score (nSPS) is 10.2. The Labute approximate surface area is 104 Å². The van der Waals surface area contributed by atoms with E-state index < -0.39 is 0 Å². The van der Waals surface area contributed by atoms with Crippen molar-refractivity contribution in [1.82, 2.24) is 0 Å². The largest absolute Gasteiger partial charge is 0.496 e. The fourth-order valence-electron chi connectivity index (χ4n) is 1.54. The van der Waals surface area contributed by atoms with Gasteiger partial charge in [0, 0.05) is 0 Å². The second-order valence-corrected chi connectivity index (χ2v) is 3.70. The molecule has 0 atom stereocenters. The third kappa shape index (κ3) is 2.34. The number of ketones is 1. The van der Waals surface area contributed by atoms with Gasteiger partial charge in [-0.1, -0.05) is 12.1 Å². The Balaban J connectivity index is 2.36. The molecule has 0 aliphatic carbocycles. The van der Waals surface area contributed by atoms with Crippen LogP contribution in [0, 0.1) is 0 Å². The van der Waals surface area contributed by atoms with E-state index in [-0.39, 0.29) is 17.4 Å². The van der Waals surface area contributed by atoms with Gasteiger partial charge in [0.1, 0.15) is 11.5 Å². The molecule has 88 valence electrons. The fourth-order valence-corrected chi connectivity index (χ4v) is 1.68. The van der Waals surface area contributed by atoms with Crippen LogP contribution in [0.2, 0.25) is 0 Å². The summed E-state index contributed by atoms with van der Waals surface area (Å²) in [6.45, 7) is 0. The van der Waals surface area contributed by atoms with Crippen LogP contribution in [-0.4, -0.2) is 12.9 Å². The maximum absolute atomic E-state index is 12.1. The first-order valence-electron chi connectivity index (χ1n) is 5.08. The van der Waals surface area contributed by atoms with Crippen LogP contribution in [0.1, 0.15) is 21.9 Å². The van der Waals surface area contributed by atoms with Crippen molar-refractivity contribution in [2.75, 3.05) is 7.11 Å². The lowest BCUT2D eigenvalue weighted by Gasteiger charge is -2.05. The third-order valence-electron chi connectivity index (χ3n) is 2.37. The maximum atomic E-state index is 12.1. The number of hydrogen-bond acceptors (Lipinski definition) is 3. The monoisotopic (exact) mass is 250 g/mol. The van der Waals surface area contributed by atoms with Gasteiger partial charge in [-0.15, -0.1) is 11.6 Å². The van der Waals surface area contributed by atoms with Gasteiger partial charge in [-0.3, -0.25) is 4.79 Å². The van der Waals surface area contributed by atoms with Crippen LogP contribution in [0.4, 0.5) is 0 Å². The maximum Gasteiger partial charge on any atom is 0.231 e. The summed E-state index contributed by atoms with van der Waals surface area (Å²) in [4.78, 5) is 12.1. The average Bonchev–Trinajstić information content (AvgIpc) is 2.86. The zero-order chi connectivity index (χ0) is 12.3. The van der Waals surface area contributed by atoms with E-state index in [4.69, 9.17) is 20.8 Å². The third-order valence-corrected chi connectivity index (χ3v) is 2.63. The van der Waals surface area contributed by atoms with E-state index in [9.17, 15) is 4.79 Å². The molecule has 1 heterocycles. The van der Waals surface area contributed by atoms with Crippen LogP contribution in [0.5, 0.6) is 5.75 Å². The second kappa shape index (κ2) is 5.06. The Kier molecular flexibility index (Phi) is 3.49. The van der Waals surface area contributed by atoms with E-state index >= 15 is 0 Å². The smallest absolute Gasteiger partial charge is 0.231 e. The van der Waals surface area contributed by atoms with Crippen molar-refractivity contribution in [3.63, 3.8) is 0 Å². The Morgan fingerprint density at radius 2 is 2.06 bits per heavy atom. The minimum atomic E-state index is -0.209. The first-order chi connectivity index (χ1) is 8.26. The molecule has 0 amide bonds. The number of para-hydroxylation sites is 1. The van der Waals surface area contributed by atoms with Gasteiger partial charge in [-0.25, -0.2) is 0 Å². The second-order valence-electron chi connectivity index (χ2n) is 3.43. The summed E-state index contributed by atoms with van der Waals surface area (Å²) in [5.74, 6) is 1.41. The number of methoxy groups -OCH3 is 1. The Bertz CT molecular complexity index is 531. The van der Waals surface area contributed by atoms with Gasteiger partial charge >= 0.3 is 0 Å². The molecular weight excluding hydrogens is 240 g/mol. The van der Waals surface area contributed by atoms with Crippen molar-refractivity contribution in [1.29, 1.82) is 0 Å². The quantitative estimate of drug-likeness (QED) is 0.618. The number of carbonyl (C=O) groups is 1. The summed E-state index contributed by atoms with van der Waals surface area (Å²) in [5, 5.41) is 0. The average molecular weight is 251 g/mol. The van der Waals surface area contributed by atoms with Crippen LogP contribution in [0.15, 0.2) is 40.8 Å². The Hall–Kier alpha value is -1.74. The van der Waals surface area contributed by atoms with Crippen LogP contribution in [0.25, 0.3) is 0 Å². The van der Waals surface area contributed by atoms with Crippen molar-refractivity contribution in [2.45, 2.75) is 5.88 Å². The molecule has 4 heteroatoms. The zero-order valence-corrected chi connectivity index (χ0v) is 10.0. The van der Waals surface area contributed by atoms with Crippen molar-refractivity contribution < 1.29 is 13.9 Å². The van der Waals surface area contributed by atoms with Gasteiger partial charge in [-0.2, -0.15) is 0 Å². The van der Waals surface area contributed by atoms with Gasteiger partial charge in [0.05, 0.1) is 18.6 Å². The summed E-state index contributed by atoms with van der Waals surface area (Å²) in [6, 6.07) is 10.3. The van der Waals surface area contributed by atoms with Crippen LogP contribution in [0.3, 0.4) is 0 Å². The van der Waals surface area contributed by atoms with Crippen molar-refractivity contribution in [2.24, 2.45) is 0 Å². The molecule has 17 heavy (non-hydrogen) atoms. The van der Waals surface area contributed by atoms with Gasteiger partial charge in [0.25, 0.3) is 0 Å². The summed E-state index contributed by atoms with van der Waals surface area (Å²) in [7, 11) is 1.53. The van der Waals surface area contributed by atoms with Crippen molar-refractivity contribution in [3.8, 4) is 5.75 Å². The van der Waals surface area contributed by atoms with Crippen molar-refractivity contribution in [3.05, 3.63) is 53.5 Å². The van der Waals surface area contributed by atoms with Gasteiger partial charge < -0.3 is 9.15 Å². The molecule has 0 aliphatic heterocycles. The first kappa shape index (κ1) is 11.7. The molecule has 3 nitrogen and oxygen atoms in total. The number of benzene rings is 1. The van der Waals surface area contributed by atoms with Crippen LogP contribution in [-0.2, 0) is 5.88 Å². The van der Waals surface area contributed by atoms with Crippen LogP contribution >= 0.6 is 11.6 Å². The predicted octanol–water partition coefficient (Wildman–Crippen LogP) is 3.26. The van der Waals surface area contributed by atoms with E-state index in [0.29, 0.717) is 17.1 Å². The molecule has 0 bridgehead atoms. The van der Waals surface area contributed by atoms with Gasteiger partial charge in [0.15, 0.2) is 5.76 Å². The summed E-state index contributed by atoms with van der Waals surface area (Å²) >= 11 is 5.62. The fraction of sp³-hybridized carbons (Fsp3) is 0.154. The molecule has 2 aromatic rings. The number of halogens is 1. The summed E-state index contributed by atoms with van der Waals surface area (Å²) < 4.78 is 10.4. The molecule has 0 fully saturated rings. The van der Waals surface area contributed by atoms with E-state index in [1.807, 2.05) is 6.07 Å². The minimum Gasteiger partial charge on any atom is -0.496 e. The minimum absolute atomic E-state index is 0.209. The zero-order valence-electron chi connectivity index (χ0n) is 9.27. The van der Waals surface area contributed by atoms with Gasteiger partial charge in [0.2, 0.25) is 5.78 Å². The molecule has 2 rings (SSSR count). The lowest BCUT2D eigenvalue weighted by atomic mass is 10.1. The van der Waals surface area contributed by atoms with E-state index in [1.54, 1.807) is 30.3 Å². The first-order valence-corrected chi connectivity index (χ1v) is 5.62.